The van der Waals surface area contributed by atoms with E-state index in [1.807, 2.05) is 4.90 Å². The fraction of sp³-hybridized carbons (Fsp3) is 0.583. The largest absolute Gasteiger partial charge is 0.391 e. The van der Waals surface area contributed by atoms with E-state index in [0.29, 0.717) is 36.2 Å². The van der Waals surface area contributed by atoms with Gasteiger partial charge in [0.05, 0.1) is 16.6 Å². The lowest BCUT2D eigenvalue weighted by Crippen LogP contribution is -2.38. The van der Waals surface area contributed by atoms with Gasteiger partial charge < -0.3 is 5.43 Å². The zero-order valence-electron chi connectivity index (χ0n) is 10.8. The topological polar surface area (TPSA) is 54.2 Å². The molecule has 1 aromatic rings. The quantitative estimate of drug-likeness (QED) is 0.666. The summed E-state index contributed by atoms with van der Waals surface area (Å²) in [6.45, 7) is 1.21. The highest BCUT2D eigenvalue weighted by atomic mass is 35.5. The summed E-state index contributed by atoms with van der Waals surface area (Å²) < 4.78 is 37.8. The third-order valence-corrected chi connectivity index (χ3v) is 3.83. The van der Waals surface area contributed by atoms with Gasteiger partial charge >= 0.3 is 6.18 Å². The zero-order valence-corrected chi connectivity index (χ0v) is 11.5. The molecule has 1 aromatic heterocycles. The number of piperidine rings is 1. The standard InChI is InChI=1S/C12H16ClF3N4/c13-9-1-2-11(19-17)18-10(9)7-20-5-3-8(4-6-20)12(14,15)16/h1-2,8H,3-7,17H2,(H,18,19). The van der Waals surface area contributed by atoms with E-state index in [0.717, 1.165) is 0 Å². The lowest BCUT2D eigenvalue weighted by atomic mass is 9.96. The van der Waals surface area contributed by atoms with E-state index < -0.39 is 12.1 Å². The molecule has 4 nitrogen and oxygen atoms in total. The third kappa shape index (κ3) is 3.74. The van der Waals surface area contributed by atoms with Gasteiger partial charge in [0.15, 0.2) is 0 Å². The molecule has 2 rings (SSSR count). The fourth-order valence-electron chi connectivity index (χ4n) is 2.31. The number of nitrogens with zero attached hydrogens (tertiary/aromatic N) is 2. The predicted molar refractivity (Wildman–Crippen MR) is 71.1 cm³/mol. The van der Waals surface area contributed by atoms with Crippen molar-refractivity contribution in [3.63, 3.8) is 0 Å². The van der Waals surface area contributed by atoms with Crippen LogP contribution in [0.5, 0.6) is 0 Å². The van der Waals surface area contributed by atoms with Crippen LogP contribution in [0.3, 0.4) is 0 Å². The Balaban J connectivity index is 1.96. The first-order chi connectivity index (χ1) is 9.40. The Bertz CT molecular complexity index is 459. The summed E-state index contributed by atoms with van der Waals surface area (Å²) in [4.78, 5) is 6.15. The summed E-state index contributed by atoms with van der Waals surface area (Å²) in [6.07, 6.45) is -3.85. The van der Waals surface area contributed by atoms with E-state index in [2.05, 4.69) is 10.4 Å². The molecule has 0 bridgehead atoms. The van der Waals surface area contributed by atoms with Crippen LogP contribution in [0, 0.1) is 5.92 Å². The minimum Gasteiger partial charge on any atom is -0.308 e. The minimum absolute atomic E-state index is 0.121. The lowest BCUT2D eigenvalue weighted by Gasteiger charge is -2.32. The Kier molecular flexibility index (Phi) is 4.72. The van der Waals surface area contributed by atoms with Crippen LogP contribution in [0.1, 0.15) is 18.5 Å². The van der Waals surface area contributed by atoms with E-state index in [9.17, 15) is 13.2 Å². The molecule has 2 heterocycles. The number of pyridine rings is 1. The SMILES string of the molecule is NNc1ccc(Cl)c(CN2CCC(C(F)(F)F)CC2)n1. The maximum Gasteiger partial charge on any atom is 0.391 e. The molecule has 0 spiro atoms. The summed E-state index contributed by atoms with van der Waals surface area (Å²) >= 11 is 6.04. The Morgan fingerprint density at radius 3 is 2.55 bits per heavy atom. The molecule has 112 valence electrons. The number of nitrogens with two attached hydrogens (primary N) is 1. The predicted octanol–water partition coefficient (Wildman–Crippen LogP) is 2.79. The third-order valence-electron chi connectivity index (χ3n) is 3.49. The average molecular weight is 309 g/mol. The number of nitrogens with one attached hydrogen (secondary N) is 1. The molecule has 0 aliphatic carbocycles. The normalized spacial score (nSPS) is 18.2. The monoisotopic (exact) mass is 308 g/mol. The second kappa shape index (κ2) is 6.15. The molecule has 0 aromatic carbocycles. The smallest absolute Gasteiger partial charge is 0.308 e. The van der Waals surface area contributed by atoms with Gasteiger partial charge in [-0.05, 0) is 38.1 Å². The van der Waals surface area contributed by atoms with E-state index in [1.54, 1.807) is 12.1 Å². The van der Waals surface area contributed by atoms with Crippen molar-refractivity contribution in [1.82, 2.24) is 9.88 Å². The molecule has 1 aliphatic rings. The summed E-state index contributed by atoms with van der Waals surface area (Å²) in [5.41, 5.74) is 3.04. The zero-order chi connectivity index (χ0) is 14.8. The number of likely N-dealkylation sites (tertiary alicyclic amines) is 1. The second-order valence-electron chi connectivity index (χ2n) is 4.86. The van der Waals surface area contributed by atoms with Crippen molar-refractivity contribution >= 4 is 17.4 Å². The van der Waals surface area contributed by atoms with Gasteiger partial charge in [0, 0.05) is 6.54 Å². The van der Waals surface area contributed by atoms with Crippen molar-refractivity contribution < 1.29 is 13.2 Å². The van der Waals surface area contributed by atoms with Crippen LogP contribution >= 0.6 is 11.6 Å². The van der Waals surface area contributed by atoms with E-state index in [4.69, 9.17) is 17.4 Å². The minimum atomic E-state index is -4.09. The fourth-order valence-corrected chi connectivity index (χ4v) is 2.47. The molecule has 1 aliphatic heterocycles. The highest BCUT2D eigenvalue weighted by Crippen LogP contribution is 2.34. The van der Waals surface area contributed by atoms with Gasteiger partial charge in [-0.1, -0.05) is 11.6 Å². The molecule has 1 fully saturated rings. The van der Waals surface area contributed by atoms with E-state index in [1.165, 1.54) is 0 Å². The summed E-state index contributed by atoms with van der Waals surface area (Å²) in [5.74, 6) is 4.56. The number of rotatable bonds is 3. The number of hydrogen-bond acceptors (Lipinski definition) is 4. The molecule has 0 radical (unpaired) electrons. The molecule has 0 atom stereocenters. The van der Waals surface area contributed by atoms with Crippen LogP contribution in [-0.2, 0) is 6.54 Å². The summed E-state index contributed by atoms with van der Waals surface area (Å²) in [5, 5.41) is 0.488. The van der Waals surface area contributed by atoms with Crippen molar-refractivity contribution in [2.75, 3.05) is 18.5 Å². The Labute approximate surface area is 120 Å². The molecular formula is C12H16ClF3N4. The van der Waals surface area contributed by atoms with Gasteiger partial charge in [0.2, 0.25) is 0 Å². The maximum absolute atomic E-state index is 12.6. The first-order valence-electron chi connectivity index (χ1n) is 6.31. The van der Waals surface area contributed by atoms with Gasteiger partial charge in [0.1, 0.15) is 5.82 Å². The van der Waals surface area contributed by atoms with Gasteiger partial charge in [0.25, 0.3) is 0 Å². The van der Waals surface area contributed by atoms with Crippen LogP contribution in [0.4, 0.5) is 19.0 Å². The van der Waals surface area contributed by atoms with Crippen molar-refractivity contribution in [3.05, 3.63) is 22.8 Å². The average Bonchev–Trinajstić information content (AvgIpc) is 2.41. The Hall–Kier alpha value is -1.05. The first kappa shape index (κ1) is 15.3. The Morgan fingerprint density at radius 2 is 2.00 bits per heavy atom. The van der Waals surface area contributed by atoms with Gasteiger partial charge in [-0.15, -0.1) is 0 Å². The Morgan fingerprint density at radius 1 is 1.35 bits per heavy atom. The molecule has 0 saturated carbocycles. The van der Waals surface area contributed by atoms with Crippen LogP contribution in [-0.4, -0.2) is 29.1 Å². The maximum atomic E-state index is 12.6. The molecule has 0 unspecified atom stereocenters. The van der Waals surface area contributed by atoms with Gasteiger partial charge in [-0.2, -0.15) is 13.2 Å². The van der Waals surface area contributed by atoms with Crippen molar-refractivity contribution in [1.29, 1.82) is 0 Å². The molecular weight excluding hydrogens is 293 g/mol. The van der Waals surface area contributed by atoms with Crippen LogP contribution in [0.25, 0.3) is 0 Å². The number of anilines is 1. The molecule has 20 heavy (non-hydrogen) atoms. The highest BCUT2D eigenvalue weighted by molar-refractivity contribution is 6.31. The van der Waals surface area contributed by atoms with Gasteiger partial charge in [-0.3, -0.25) is 4.90 Å². The van der Waals surface area contributed by atoms with Crippen molar-refractivity contribution in [2.24, 2.45) is 11.8 Å². The van der Waals surface area contributed by atoms with Gasteiger partial charge in [-0.25, -0.2) is 10.8 Å². The summed E-state index contributed by atoms with van der Waals surface area (Å²) in [7, 11) is 0. The first-order valence-corrected chi connectivity index (χ1v) is 6.69. The number of aromatic nitrogens is 1. The van der Waals surface area contributed by atoms with Crippen molar-refractivity contribution in [3.8, 4) is 0 Å². The molecule has 0 amide bonds. The lowest BCUT2D eigenvalue weighted by molar-refractivity contribution is -0.185. The van der Waals surface area contributed by atoms with Crippen LogP contribution in [0.15, 0.2) is 12.1 Å². The number of halogens is 4. The second-order valence-corrected chi connectivity index (χ2v) is 5.27. The molecule has 3 N–H and O–H groups in total. The molecule has 1 saturated heterocycles. The van der Waals surface area contributed by atoms with E-state index in [-0.39, 0.29) is 12.8 Å². The number of hydrazine groups is 1. The van der Waals surface area contributed by atoms with Crippen LogP contribution < -0.4 is 11.3 Å². The van der Waals surface area contributed by atoms with E-state index >= 15 is 0 Å². The van der Waals surface area contributed by atoms with Crippen LogP contribution in [0.2, 0.25) is 5.02 Å². The number of nitrogen functional groups attached to an aromatic ring is 1. The summed E-state index contributed by atoms with van der Waals surface area (Å²) in [6, 6.07) is 3.31. The van der Waals surface area contributed by atoms with Crippen molar-refractivity contribution in [2.45, 2.75) is 25.6 Å². The molecule has 8 heteroatoms. The number of hydrogen-bond donors (Lipinski definition) is 2. The number of alkyl halides is 3. The highest BCUT2D eigenvalue weighted by Gasteiger charge is 2.41.